The van der Waals surface area contributed by atoms with Gasteiger partial charge in [-0.05, 0) is 34.5 Å². The van der Waals surface area contributed by atoms with Gasteiger partial charge in [-0.2, -0.15) is 0 Å². The number of carbonyl (C=O) groups excluding carboxylic acids is 1. The van der Waals surface area contributed by atoms with Gasteiger partial charge in [0.2, 0.25) is 0 Å². The van der Waals surface area contributed by atoms with Crippen molar-refractivity contribution in [3.05, 3.63) is 28.5 Å². The second kappa shape index (κ2) is 5.22. The van der Waals surface area contributed by atoms with Crippen LogP contribution in [-0.4, -0.2) is 24.0 Å². The van der Waals surface area contributed by atoms with Gasteiger partial charge >= 0.3 is 0 Å². The van der Waals surface area contributed by atoms with Gasteiger partial charge in [0, 0.05) is 30.4 Å². The lowest BCUT2D eigenvalue weighted by atomic mass is 10.1. The third-order valence-corrected chi connectivity index (χ3v) is 2.38. The molecule has 1 rings (SSSR count). The van der Waals surface area contributed by atoms with E-state index in [1.54, 1.807) is 19.3 Å². The van der Waals surface area contributed by atoms with Crippen molar-refractivity contribution in [2.24, 2.45) is 0 Å². The number of hydrogen-bond donors (Lipinski definition) is 0. The Hall–Kier alpha value is -0.740. The molecular weight excluding hydrogens is 246 g/mol. The number of nitrogens with zero attached hydrogens (tertiary/aromatic N) is 1. The largest absolute Gasteiger partial charge is 0.374 e. The molecule has 1 atom stereocenters. The molecule has 1 unspecified atom stereocenters. The van der Waals surface area contributed by atoms with Crippen molar-refractivity contribution in [1.29, 1.82) is 0 Å². The van der Waals surface area contributed by atoms with Crippen LogP contribution in [0.3, 0.4) is 0 Å². The zero-order valence-electron chi connectivity index (χ0n) is 8.16. The molecule has 0 aliphatic rings. The van der Waals surface area contributed by atoms with Crippen LogP contribution in [0.2, 0.25) is 0 Å². The van der Waals surface area contributed by atoms with Gasteiger partial charge in [-0.1, -0.05) is 0 Å². The Morgan fingerprint density at radius 3 is 2.93 bits per heavy atom. The summed E-state index contributed by atoms with van der Waals surface area (Å²) in [5, 5.41) is 0. The van der Waals surface area contributed by atoms with E-state index < -0.39 is 0 Å². The molecule has 0 saturated heterocycles. The smallest absolute Gasteiger partial charge is 0.165 e. The van der Waals surface area contributed by atoms with Crippen molar-refractivity contribution in [3.8, 4) is 0 Å². The van der Waals surface area contributed by atoms with Crippen LogP contribution in [0, 0.1) is 0 Å². The Bertz CT molecular complexity index is 328. The average molecular weight is 258 g/mol. The van der Waals surface area contributed by atoms with Crippen LogP contribution in [0.5, 0.6) is 0 Å². The average Bonchev–Trinajstić information content (AvgIpc) is 2.16. The first-order chi connectivity index (χ1) is 6.63. The van der Waals surface area contributed by atoms with E-state index in [2.05, 4.69) is 20.9 Å². The SMILES string of the molecule is COC(C)C(=O)Cc1cncc(Br)c1. The zero-order valence-corrected chi connectivity index (χ0v) is 9.74. The molecule has 1 heterocycles. The van der Waals surface area contributed by atoms with Gasteiger partial charge in [-0.15, -0.1) is 0 Å². The van der Waals surface area contributed by atoms with E-state index in [1.807, 2.05) is 6.07 Å². The van der Waals surface area contributed by atoms with Crippen molar-refractivity contribution < 1.29 is 9.53 Å². The first-order valence-electron chi connectivity index (χ1n) is 4.28. The molecule has 0 radical (unpaired) electrons. The Morgan fingerprint density at radius 1 is 1.64 bits per heavy atom. The van der Waals surface area contributed by atoms with Crippen LogP contribution < -0.4 is 0 Å². The number of halogens is 1. The molecule has 0 aliphatic carbocycles. The zero-order chi connectivity index (χ0) is 10.6. The Kier molecular flexibility index (Phi) is 4.22. The minimum atomic E-state index is -0.353. The lowest BCUT2D eigenvalue weighted by Gasteiger charge is -2.07. The van der Waals surface area contributed by atoms with E-state index in [0.29, 0.717) is 6.42 Å². The number of ether oxygens (including phenoxy) is 1. The van der Waals surface area contributed by atoms with Crippen molar-refractivity contribution in [2.75, 3.05) is 7.11 Å². The highest BCUT2D eigenvalue weighted by Gasteiger charge is 2.12. The summed E-state index contributed by atoms with van der Waals surface area (Å²) < 4.78 is 5.82. The first kappa shape index (κ1) is 11.3. The summed E-state index contributed by atoms with van der Waals surface area (Å²) in [7, 11) is 1.53. The number of methoxy groups -OCH3 is 1. The van der Waals surface area contributed by atoms with Crippen LogP contribution in [0.4, 0.5) is 0 Å². The van der Waals surface area contributed by atoms with E-state index in [9.17, 15) is 4.79 Å². The highest BCUT2D eigenvalue weighted by atomic mass is 79.9. The Labute approximate surface area is 91.6 Å². The minimum Gasteiger partial charge on any atom is -0.374 e. The van der Waals surface area contributed by atoms with Crippen LogP contribution >= 0.6 is 15.9 Å². The van der Waals surface area contributed by atoms with Gasteiger partial charge in [-0.25, -0.2) is 0 Å². The molecule has 0 aliphatic heterocycles. The van der Waals surface area contributed by atoms with Gasteiger partial charge in [0.15, 0.2) is 5.78 Å². The predicted octanol–water partition coefficient (Wildman–Crippen LogP) is 1.99. The highest BCUT2D eigenvalue weighted by Crippen LogP contribution is 2.11. The molecule has 0 saturated carbocycles. The van der Waals surface area contributed by atoms with E-state index in [4.69, 9.17) is 4.74 Å². The number of ketones is 1. The molecule has 76 valence electrons. The summed E-state index contributed by atoms with van der Waals surface area (Å²) in [5.74, 6) is 0.0624. The van der Waals surface area contributed by atoms with Crippen molar-refractivity contribution in [2.45, 2.75) is 19.4 Å². The van der Waals surface area contributed by atoms with Gasteiger partial charge in [0.25, 0.3) is 0 Å². The summed E-state index contributed by atoms with van der Waals surface area (Å²) >= 11 is 3.30. The number of aromatic nitrogens is 1. The number of hydrogen-bond acceptors (Lipinski definition) is 3. The van der Waals surface area contributed by atoms with Gasteiger partial charge in [-0.3, -0.25) is 9.78 Å². The van der Waals surface area contributed by atoms with Gasteiger partial charge in [0.05, 0.1) is 0 Å². The molecule has 14 heavy (non-hydrogen) atoms. The van der Waals surface area contributed by atoms with Gasteiger partial charge < -0.3 is 4.74 Å². The number of Topliss-reactive ketones (excluding diaryl/α,β-unsaturated/α-hetero) is 1. The second-order valence-corrected chi connectivity index (χ2v) is 3.95. The van der Waals surface area contributed by atoms with Crippen LogP contribution in [0.25, 0.3) is 0 Å². The summed E-state index contributed by atoms with van der Waals surface area (Å²) in [6.07, 6.45) is 3.38. The topological polar surface area (TPSA) is 39.2 Å². The molecule has 1 aromatic heterocycles. The van der Waals surface area contributed by atoms with Crippen molar-refractivity contribution in [1.82, 2.24) is 4.98 Å². The quantitative estimate of drug-likeness (QED) is 0.829. The molecule has 0 spiro atoms. The Morgan fingerprint density at radius 2 is 2.36 bits per heavy atom. The summed E-state index contributed by atoms with van der Waals surface area (Å²) in [5.41, 5.74) is 0.897. The van der Waals surface area contributed by atoms with Crippen LogP contribution in [0.1, 0.15) is 12.5 Å². The standard InChI is InChI=1S/C10H12BrNO2/c1-7(14-2)10(13)4-8-3-9(11)6-12-5-8/h3,5-7H,4H2,1-2H3. The number of carbonyl (C=O) groups is 1. The van der Waals surface area contributed by atoms with E-state index in [-0.39, 0.29) is 11.9 Å². The maximum Gasteiger partial charge on any atom is 0.165 e. The number of pyridine rings is 1. The summed E-state index contributed by atoms with van der Waals surface area (Å²) in [4.78, 5) is 15.5. The van der Waals surface area contributed by atoms with E-state index >= 15 is 0 Å². The molecule has 0 N–H and O–H groups in total. The lowest BCUT2D eigenvalue weighted by molar-refractivity contribution is -0.127. The summed E-state index contributed by atoms with van der Waals surface area (Å²) in [6.45, 7) is 1.74. The third-order valence-electron chi connectivity index (χ3n) is 1.95. The van der Waals surface area contributed by atoms with Gasteiger partial charge in [0.1, 0.15) is 6.10 Å². The van der Waals surface area contributed by atoms with Crippen LogP contribution in [-0.2, 0) is 16.0 Å². The molecule has 3 nitrogen and oxygen atoms in total. The molecule has 0 bridgehead atoms. The maximum absolute atomic E-state index is 11.5. The van der Waals surface area contributed by atoms with Crippen molar-refractivity contribution in [3.63, 3.8) is 0 Å². The molecule has 0 amide bonds. The normalized spacial score (nSPS) is 12.5. The number of rotatable bonds is 4. The first-order valence-corrected chi connectivity index (χ1v) is 5.07. The minimum absolute atomic E-state index is 0.0624. The molecular formula is C10H12BrNO2. The Balaban J connectivity index is 2.65. The molecule has 0 fully saturated rings. The molecule has 1 aromatic rings. The van der Waals surface area contributed by atoms with E-state index in [1.165, 1.54) is 7.11 Å². The molecule has 0 aromatic carbocycles. The molecule has 4 heteroatoms. The highest BCUT2D eigenvalue weighted by molar-refractivity contribution is 9.10. The predicted molar refractivity (Wildman–Crippen MR) is 57.1 cm³/mol. The lowest BCUT2D eigenvalue weighted by Crippen LogP contribution is -2.20. The van der Waals surface area contributed by atoms with Crippen molar-refractivity contribution >= 4 is 21.7 Å². The fraction of sp³-hybridized carbons (Fsp3) is 0.400. The second-order valence-electron chi connectivity index (χ2n) is 3.03. The fourth-order valence-electron chi connectivity index (χ4n) is 1.03. The summed E-state index contributed by atoms with van der Waals surface area (Å²) in [6, 6.07) is 1.88. The fourth-order valence-corrected chi connectivity index (χ4v) is 1.44. The third kappa shape index (κ3) is 3.20. The van der Waals surface area contributed by atoms with Crippen LogP contribution in [0.15, 0.2) is 22.9 Å². The maximum atomic E-state index is 11.5. The monoisotopic (exact) mass is 257 g/mol. The van der Waals surface area contributed by atoms with E-state index in [0.717, 1.165) is 10.0 Å².